The van der Waals surface area contributed by atoms with E-state index in [9.17, 15) is 4.79 Å². The molecule has 0 bridgehead atoms. The van der Waals surface area contributed by atoms with Gasteiger partial charge in [-0.1, -0.05) is 26.2 Å². The molecule has 0 radical (unpaired) electrons. The topological polar surface area (TPSA) is 41.6 Å². The molecule has 0 aromatic rings. The van der Waals surface area contributed by atoms with Crippen LogP contribution < -0.4 is 5.32 Å². The van der Waals surface area contributed by atoms with E-state index in [1.807, 2.05) is 27.1 Å². The molecule has 0 saturated heterocycles. The minimum atomic E-state index is -0.445. The molecule has 0 spiro atoms. The van der Waals surface area contributed by atoms with Crippen LogP contribution in [0, 0.1) is 0 Å². The first-order valence-electron chi connectivity index (χ1n) is 5.63. The van der Waals surface area contributed by atoms with Gasteiger partial charge in [-0.05, 0) is 39.6 Å². The molecule has 1 atom stereocenters. The van der Waals surface area contributed by atoms with E-state index >= 15 is 0 Å². The normalized spacial score (nSPS) is 13.1. The Morgan fingerprint density at radius 1 is 1.50 bits per heavy atom. The lowest BCUT2D eigenvalue weighted by Gasteiger charge is -2.20. The maximum atomic E-state index is 11.1. The maximum absolute atomic E-state index is 11.1. The molecule has 0 aliphatic rings. The van der Waals surface area contributed by atoms with Crippen molar-refractivity contribution < 1.29 is 9.53 Å². The van der Waals surface area contributed by atoms with Crippen molar-refractivity contribution in [3.63, 3.8) is 0 Å². The van der Waals surface area contributed by atoms with E-state index in [4.69, 9.17) is 4.74 Å². The number of carbonyl (C=O) groups excluding carboxylic acids is 1. The minimum Gasteiger partial charge on any atom is -0.418 e. The third-order valence-corrected chi connectivity index (χ3v) is 2.32. The molecular formula is C14H26N2O2. The molecule has 0 aliphatic carbocycles. The largest absolute Gasteiger partial charge is 0.418 e. The average molecular weight is 254 g/mol. The number of hydrogen-bond acceptors (Lipinski definition) is 3. The van der Waals surface area contributed by atoms with Gasteiger partial charge < -0.3 is 15.0 Å². The maximum Gasteiger partial charge on any atom is 0.411 e. The van der Waals surface area contributed by atoms with Crippen LogP contribution in [0.5, 0.6) is 0 Å². The van der Waals surface area contributed by atoms with Gasteiger partial charge in [0.1, 0.15) is 0 Å². The average Bonchev–Trinajstić information content (AvgIpc) is 2.27. The number of amides is 1. The number of nitrogens with one attached hydrogen (secondary N) is 1. The van der Waals surface area contributed by atoms with Crippen LogP contribution in [0.25, 0.3) is 0 Å². The van der Waals surface area contributed by atoms with E-state index in [-0.39, 0.29) is 13.5 Å². The Morgan fingerprint density at radius 3 is 2.56 bits per heavy atom. The van der Waals surface area contributed by atoms with E-state index in [1.54, 1.807) is 12.2 Å². The fraction of sp³-hybridized carbons (Fsp3) is 0.500. The third kappa shape index (κ3) is 7.68. The molecule has 0 aliphatic heterocycles. The Morgan fingerprint density at radius 2 is 2.11 bits per heavy atom. The summed E-state index contributed by atoms with van der Waals surface area (Å²) in [6.45, 7) is 8.11. The van der Waals surface area contributed by atoms with Gasteiger partial charge in [-0.2, -0.15) is 0 Å². The van der Waals surface area contributed by atoms with Gasteiger partial charge in [0, 0.05) is 12.6 Å². The summed E-state index contributed by atoms with van der Waals surface area (Å²) in [5.74, 6) is 0. The van der Waals surface area contributed by atoms with Crippen molar-refractivity contribution in [3.8, 4) is 0 Å². The summed E-state index contributed by atoms with van der Waals surface area (Å²) in [7, 11) is 3.97. The monoisotopic (exact) mass is 254 g/mol. The van der Waals surface area contributed by atoms with Crippen LogP contribution in [0.4, 0.5) is 4.79 Å². The SMILES string of the molecule is C.C=C/C=C(\C=C\OC(=O)NCC)[C@H](C)N(C)C. The first-order valence-corrected chi connectivity index (χ1v) is 5.63. The molecule has 104 valence electrons. The first-order chi connectivity index (χ1) is 8.02. The van der Waals surface area contributed by atoms with E-state index in [0.29, 0.717) is 6.54 Å². The molecule has 18 heavy (non-hydrogen) atoms. The summed E-state index contributed by atoms with van der Waals surface area (Å²) < 4.78 is 4.86. The summed E-state index contributed by atoms with van der Waals surface area (Å²) in [4.78, 5) is 13.1. The minimum absolute atomic E-state index is 0. The van der Waals surface area contributed by atoms with Gasteiger partial charge in [-0.25, -0.2) is 4.79 Å². The molecule has 0 heterocycles. The van der Waals surface area contributed by atoms with Crippen LogP contribution in [-0.4, -0.2) is 37.7 Å². The third-order valence-electron chi connectivity index (χ3n) is 2.32. The van der Waals surface area contributed by atoms with Gasteiger partial charge in [0.15, 0.2) is 0 Å². The quantitative estimate of drug-likeness (QED) is 0.585. The van der Waals surface area contributed by atoms with Gasteiger partial charge in [0.25, 0.3) is 0 Å². The summed E-state index contributed by atoms with van der Waals surface area (Å²) >= 11 is 0. The van der Waals surface area contributed by atoms with Crippen LogP contribution >= 0.6 is 0 Å². The fourth-order valence-electron chi connectivity index (χ4n) is 1.13. The van der Waals surface area contributed by atoms with Crippen LogP contribution in [-0.2, 0) is 4.74 Å². The molecule has 0 aromatic heterocycles. The second kappa shape index (κ2) is 10.6. The highest BCUT2D eigenvalue weighted by Crippen LogP contribution is 2.09. The lowest BCUT2D eigenvalue weighted by molar-refractivity contribution is 0.186. The van der Waals surface area contributed by atoms with E-state index in [1.165, 1.54) is 6.26 Å². The van der Waals surface area contributed by atoms with Crippen LogP contribution in [0.15, 0.2) is 36.6 Å². The number of rotatable bonds is 6. The van der Waals surface area contributed by atoms with Gasteiger partial charge in [0.05, 0.1) is 6.26 Å². The van der Waals surface area contributed by atoms with Gasteiger partial charge in [0.2, 0.25) is 0 Å². The Balaban J connectivity index is 0. The predicted molar refractivity (Wildman–Crippen MR) is 77.5 cm³/mol. The zero-order chi connectivity index (χ0) is 13.3. The molecule has 0 unspecified atom stereocenters. The van der Waals surface area contributed by atoms with Gasteiger partial charge in [-0.15, -0.1) is 0 Å². The lowest BCUT2D eigenvalue weighted by atomic mass is 10.1. The first kappa shape index (κ1) is 18.8. The van der Waals surface area contributed by atoms with Gasteiger partial charge >= 0.3 is 6.09 Å². The number of likely N-dealkylation sites (N-methyl/N-ethyl adjacent to an activating group) is 1. The van der Waals surface area contributed by atoms with Crippen LogP contribution in [0.1, 0.15) is 21.3 Å². The molecule has 4 nitrogen and oxygen atoms in total. The molecule has 1 amide bonds. The zero-order valence-electron chi connectivity index (χ0n) is 11.1. The highest BCUT2D eigenvalue weighted by molar-refractivity contribution is 5.67. The van der Waals surface area contributed by atoms with E-state index in [2.05, 4.69) is 23.7 Å². The van der Waals surface area contributed by atoms with Crippen molar-refractivity contribution in [1.82, 2.24) is 10.2 Å². The Bertz CT molecular complexity index is 307. The smallest absolute Gasteiger partial charge is 0.411 e. The van der Waals surface area contributed by atoms with Crippen molar-refractivity contribution in [2.45, 2.75) is 27.3 Å². The standard InChI is InChI=1S/C13H22N2O2.CH4/c1-6-8-12(11(3)15(4)5)9-10-17-13(16)14-7-2;/h6,8-11H,1,7H2,2-5H3,(H,14,16);1H4/b10-9+,12-8+;/t11-;/m0./s1. The zero-order valence-corrected chi connectivity index (χ0v) is 11.1. The predicted octanol–water partition coefficient (Wildman–Crippen LogP) is 2.94. The van der Waals surface area contributed by atoms with E-state index in [0.717, 1.165) is 5.57 Å². The van der Waals surface area contributed by atoms with Crippen molar-refractivity contribution in [1.29, 1.82) is 0 Å². The summed E-state index contributed by atoms with van der Waals surface area (Å²) in [5.41, 5.74) is 1.02. The van der Waals surface area contributed by atoms with Crippen LogP contribution in [0.2, 0.25) is 0 Å². The van der Waals surface area contributed by atoms with Crippen molar-refractivity contribution in [2.24, 2.45) is 0 Å². The molecule has 0 fully saturated rings. The fourth-order valence-corrected chi connectivity index (χ4v) is 1.13. The molecule has 0 saturated carbocycles. The molecule has 0 rings (SSSR count). The van der Waals surface area contributed by atoms with Crippen LogP contribution in [0.3, 0.4) is 0 Å². The number of hydrogen-bond donors (Lipinski definition) is 1. The Labute approximate surface area is 111 Å². The van der Waals surface area contributed by atoms with Crippen molar-refractivity contribution in [3.05, 3.63) is 36.6 Å². The molecule has 1 N–H and O–H groups in total. The molecule has 0 aromatic carbocycles. The highest BCUT2D eigenvalue weighted by atomic mass is 16.5. The lowest BCUT2D eigenvalue weighted by Crippen LogP contribution is -2.26. The van der Waals surface area contributed by atoms with Gasteiger partial charge in [-0.3, -0.25) is 0 Å². The number of carbonyl (C=O) groups is 1. The number of nitrogens with zero attached hydrogens (tertiary/aromatic N) is 1. The second-order valence-corrected chi connectivity index (χ2v) is 3.78. The number of allylic oxidation sites excluding steroid dienone is 2. The summed E-state index contributed by atoms with van der Waals surface area (Å²) in [6.07, 6.45) is 6.31. The Kier molecular flexibility index (Phi) is 11.1. The van der Waals surface area contributed by atoms with Crippen molar-refractivity contribution >= 4 is 6.09 Å². The summed E-state index contributed by atoms with van der Waals surface area (Å²) in [6, 6.07) is 0.224. The number of ether oxygens (including phenoxy) is 1. The second-order valence-electron chi connectivity index (χ2n) is 3.78. The molecular weight excluding hydrogens is 228 g/mol. The number of alkyl carbamates (subject to hydrolysis) is 1. The highest BCUT2D eigenvalue weighted by Gasteiger charge is 2.07. The van der Waals surface area contributed by atoms with Crippen molar-refractivity contribution in [2.75, 3.05) is 20.6 Å². The Hall–Kier alpha value is -1.55. The van der Waals surface area contributed by atoms with E-state index < -0.39 is 6.09 Å². The molecule has 4 heteroatoms. The summed E-state index contributed by atoms with van der Waals surface area (Å²) in [5, 5.41) is 2.54.